The third kappa shape index (κ3) is 8.95. The number of amides is 1. The summed E-state index contributed by atoms with van der Waals surface area (Å²) in [5.74, 6) is 0. The van der Waals surface area contributed by atoms with E-state index in [1.165, 1.54) is 0 Å². The van der Waals surface area contributed by atoms with Crippen LogP contribution >= 0.6 is 0 Å². The van der Waals surface area contributed by atoms with Gasteiger partial charge in [0.15, 0.2) is 0 Å². The summed E-state index contributed by atoms with van der Waals surface area (Å²) in [5.41, 5.74) is 4.51. The molecular formula is C3H10N2O3. The van der Waals surface area contributed by atoms with Crippen LogP contribution in [0.4, 0.5) is 4.79 Å². The summed E-state index contributed by atoms with van der Waals surface area (Å²) < 4.78 is 4.08. The molecule has 0 aromatic heterocycles. The molecule has 0 aliphatic carbocycles. The van der Waals surface area contributed by atoms with E-state index in [4.69, 9.17) is 5.11 Å². The van der Waals surface area contributed by atoms with Gasteiger partial charge in [0.25, 0.3) is 0 Å². The van der Waals surface area contributed by atoms with Crippen LogP contribution in [0.15, 0.2) is 0 Å². The average Bonchev–Trinajstić information content (AvgIpc) is 1.61. The van der Waals surface area contributed by atoms with Crippen LogP contribution in [0.25, 0.3) is 0 Å². The molecule has 0 aromatic carbocycles. The van der Waals surface area contributed by atoms with E-state index in [1.54, 1.807) is 0 Å². The van der Waals surface area contributed by atoms with Crippen molar-refractivity contribution >= 4 is 6.09 Å². The predicted molar refractivity (Wildman–Crippen MR) is 27.6 cm³/mol. The molecule has 0 spiro atoms. The zero-order valence-electron chi connectivity index (χ0n) is 4.46. The minimum atomic E-state index is -0.853. The molecule has 1 amide bonds. The molecule has 8 heavy (non-hydrogen) atoms. The highest BCUT2D eigenvalue weighted by Gasteiger charge is 1.87. The molecule has 0 atom stereocenters. The Balaban J connectivity index is 0. The Morgan fingerprint density at radius 1 is 1.75 bits per heavy atom. The monoisotopic (exact) mass is 122 g/mol. The van der Waals surface area contributed by atoms with E-state index >= 15 is 0 Å². The van der Waals surface area contributed by atoms with E-state index < -0.39 is 6.09 Å². The summed E-state index contributed by atoms with van der Waals surface area (Å²) in [6.07, 6.45) is -0.853. The first kappa shape index (κ1) is 10.2. The molecule has 0 unspecified atom stereocenters. The number of hydrogen-bond donors (Lipinski definition) is 3. The third-order valence-corrected chi connectivity index (χ3v) is 0.336. The summed E-state index contributed by atoms with van der Waals surface area (Å²) in [6.45, 7) is -0.196. The number of ether oxygens (including phenoxy) is 1. The fraction of sp³-hybridized carbons (Fsp3) is 0.667. The first-order valence-corrected chi connectivity index (χ1v) is 1.80. The number of aliphatic hydroxyl groups is 1. The number of hydrogen-bond acceptors (Lipinski definition) is 4. The van der Waals surface area contributed by atoms with Crippen molar-refractivity contribution in [2.24, 2.45) is 5.73 Å². The van der Waals surface area contributed by atoms with Crippen molar-refractivity contribution in [3.63, 3.8) is 0 Å². The van der Waals surface area contributed by atoms with Gasteiger partial charge in [-0.15, -0.1) is 0 Å². The lowest BCUT2D eigenvalue weighted by Gasteiger charge is -1.92. The molecule has 0 saturated carbocycles. The maximum absolute atomic E-state index is 9.65. The zero-order valence-corrected chi connectivity index (χ0v) is 4.46. The number of aliphatic hydroxyl groups excluding tert-OH is 1. The second-order valence-corrected chi connectivity index (χ2v) is 0.891. The molecule has 50 valence electrons. The topological polar surface area (TPSA) is 108 Å². The lowest BCUT2D eigenvalue weighted by Crippen LogP contribution is -2.15. The molecule has 0 saturated heterocycles. The zero-order chi connectivity index (χ0) is 5.70. The van der Waals surface area contributed by atoms with Gasteiger partial charge < -0.3 is 21.7 Å². The van der Waals surface area contributed by atoms with Crippen LogP contribution in [-0.4, -0.2) is 24.4 Å². The fourth-order valence-electron chi connectivity index (χ4n) is 0.146. The van der Waals surface area contributed by atoms with E-state index in [1.807, 2.05) is 0 Å². The fourth-order valence-corrected chi connectivity index (χ4v) is 0.146. The van der Waals surface area contributed by atoms with Crippen LogP contribution in [0.5, 0.6) is 0 Å². The smallest absolute Gasteiger partial charge is 0.404 e. The minimum Gasteiger partial charge on any atom is -0.447 e. The van der Waals surface area contributed by atoms with Crippen molar-refractivity contribution in [3.8, 4) is 0 Å². The number of rotatable bonds is 2. The van der Waals surface area contributed by atoms with Crippen molar-refractivity contribution in [2.45, 2.75) is 0 Å². The van der Waals surface area contributed by atoms with Crippen LogP contribution in [-0.2, 0) is 4.74 Å². The molecule has 0 aliphatic rings. The number of primary amides is 1. The second kappa shape index (κ2) is 6.19. The minimum absolute atomic E-state index is 0. The van der Waals surface area contributed by atoms with Gasteiger partial charge in [-0.05, 0) is 0 Å². The first-order valence-electron chi connectivity index (χ1n) is 1.80. The third-order valence-electron chi connectivity index (χ3n) is 0.336. The average molecular weight is 122 g/mol. The highest BCUT2D eigenvalue weighted by atomic mass is 16.6. The van der Waals surface area contributed by atoms with Crippen LogP contribution in [0.3, 0.4) is 0 Å². The highest BCUT2D eigenvalue weighted by molar-refractivity contribution is 5.64. The molecule has 5 heteroatoms. The normalized spacial score (nSPS) is 7.12. The SMILES string of the molecule is N.NC(=O)OCCO. The maximum Gasteiger partial charge on any atom is 0.404 e. The quantitative estimate of drug-likeness (QED) is 0.447. The van der Waals surface area contributed by atoms with Crippen molar-refractivity contribution in [1.29, 1.82) is 0 Å². The van der Waals surface area contributed by atoms with Gasteiger partial charge in [-0.3, -0.25) is 0 Å². The van der Waals surface area contributed by atoms with Gasteiger partial charge in [-0.2, -0.15) is 0 Å². The van der Waals surface area contributed by atoms with Crippen LogP contribution in [0.1, 0.15) is 0 Å². The lowest BCUT2D eigenvalue weighted by atomic mass is 10.8. The number of carbonyl (C=O) groups excluding carboxylic acids is 1. The second-order valence-electron chi connectivity index (χ2n) is 0.891. The summed E-state index contributed by atoms with van der Waals surface area (Å²) in [4.78, 5) is 9.65. The molecule has 0 radical (unpaired) electrons. The Morgan fingerprint density at radius 3 is 2.38 bits per heavy atom. The van der Waals surface area contributed by atoms with Gasteiger partial charge in [0, 0.05) is 0 Å². The Bertz CT molecular complexity index is 65.5. The van der Waals surface area contributed by atoms with Gasteiger partial charge in [0.2, 0.25) is 0 Å². The Labute approximate surface area is 47.0 Å². The van der Waals surface area contributed by atoms with E-state index in [0.29, 0.717) is 0 Å². The first-order chi connectivity index (χ1) is 3.27. The van der Waals surface area contributed by atoms with Gasteiger partial charge in [0.05, 0.1) is 6.61 Å². The van der Waals surface area contributed by atoms with E-state index in [2.05, 4.69) is 10.5 Å². The Kier molecular flexibility index (Phi) is 7.91. The van der Waals surface area contributed by atoms with Crippen molar-refractivity contribution in [2.75, 3.05) is 13.2 Å². The molecule has 0 rings (SSSR count). The number of nitrogens with two attached hydrogens (primary N) is 1. The Morgan fingerprint density at radius 2 is 2.25 bits per heavy atom. The van der Waals surface area contributed by atoms with Gasteiger partial charge in [0.1, 0.15) is 6.61 Å². The summed E-state index contributed by atoms with van der Waals surface area (Å²) in [5, 5.41) is 7.98. The van der Waals surface area contributed by atoms with E-state index in [9.17, 15) is 4.79 Å². The highest BCUT2D eigenvalue weighted by Crippen LogP contribution is 1.67. The van der Waals surface area contributed by atoms with Crippen LogP contribution in [0.2, 0.25) is 0 Å². The maximum atomic E-state index is 9.65. The standard InChI is InChI=1S/C3H7NO3.H3N/c4-3(6)7-2-1-5;/h5H,1-2H2,(H2,4,6);1H3. The molecule has 0 aromatic rings. The van der Waals surface area contributed by atoms with Gasteiger partial charge in [-0.25, -0.2) is 4.79 Å². The lowest BCUT2D eigenvalue weighted by molar-refractivity contribution is 0.127. The van der Waals surface area contributed by atoms with Gasteiger partial charge in [-0.1, -0.05) is 0 Å². The predicted octanol–water partition coefficient (Wildman–Crippen LogP) is -0.764. The summed E-state index contributed by atoms with van der Waals surface area (Å²) in [7, 11) is 0. The van der Waals surface area contributed by atoms with Gasteiger partial charge >= 0.3 is 6.09 Å². The van der Waals surface area contributed by atoms with E-state index in [0.717, 1.165) is 0 Å². The molecule has 5 nitrogen and oxygen atoms in total. The molecule has 0 bridgehead atoms. The van der Waals surface area contributed by atoms with Crippen molar-refractivity contribution < 1.29 is 14.6 Å². The van der Waals surface area contributed by atoms with Crippen LogP contribution in [0, 0.1) is 0 Å². The number of carbonyl (C=O) groups is 1. The summed E-state index contributed by atoms with van der Waals surface area (Å²) >= 11 is 0. The largest absolute Gasteiger partial charge is 0.447 e. The van der Waals surface area contributed by atoms with E-state index in [-0.39, 0.29) is 19.4 Å². The van der Waals surface area contributed by atoms with Crippen molar-refractivity contribution in [3.05, 3.63) is 0 Å². The van der Waals surface area contributed by atoms with Crippen LogP contribution < -0.4 is 11.9 Å². The summed E-state index contributed by atoms with van der Waals surface area (Å²) in [6, 6.07) is 0. The molecule has 0 heterocycles. The molecular weight excluding hydrogens is 112 g/mol. The van der Waals surface area contributed by atoms with Crippen molar-refractivity contribution in [1.82, 2.24) is 6.15 Å². The molecule has 0 fully saturated rings. The molecule has 6 N–H and O–H groups in total. The molecule has 0 aliphatic heterocycles. The Hall–Kier alpha value is -0.810.